The van der Waals surface area contributed by atoms with Crippen molar-refractivity contribution in [3.8, 4) is 0 Å². The number of nitrogens with one attached hydrogen (secondary N) is 2. The van der Waals surface area contributed by atoms with Crippen molar-refractivity contribution in [3.05, 3.63) is 35.9 Å². The molecular weight excluding hydrogens is 255 g/mol. The zero-order valence-electron chi connectivity index (χ0n) is 12.0. The lowest BCUT2D eigenvalue weighted by molar-refractivity contribution is 0.131. The summed E-state index contributed by atoms with van der Waals surface area (Å²) in [4.78, 5) is 0. The van der Waals surface area contributed by atoms with Gasteiger partial charge in [0.15, 0.2) is 0 Å². The number of aliphatic hydroxyl groups excluding tert-OH is 1. The van der Waals surface area contributed by atoms with Gasteiger partial charge in [-0.2, -0.15) is 0 Å². The Bertz CT molecular complexity index is 332. The molecule has 1 aromatic rings. The van der Waals surface area contributed by atoms with Crippen LogP contribution in [0.4, 0.5) is 0 Å². The van der Waals surface area contributed by atoms with Crippen LogP contribution in [0.15, 0.2) is 30.3 Å². The van der Waals surface area contributed by atoms with Crippen LogP contribution in [0, 0.1) is 5.92 Å². The standard InChI is InChI=1S/C15H27N2OP/c1-12(2)10-16-11-15(18)14(17-19)9-8-13-6-4-3-5-7-13/h3-7,12,14-18H,8-11,19H2,1-2H3/t14?,15-/m1/s1. The molecule has 0 spiro atoms. The molecular formula is C15H27N2OP. The second kappa shape index (κ2) is 9.44. The van der Waals surface area contributed by atoms with Crippen molar-refractivity contribution in [1.29, 1.82) is 0 Å². The van der Waals surface area contributed by atoms with E-state index in [0.717, 1.165) is 19.4 Å². The summed E-state index contributed by atoms with van der Waals surface area (Å²) in [5.74, 6) is 0.610. The van der Waals surface area contributed by atoms with E-state index in [0.29, 0.717) is 12.5 Å². The molecule has 0 aliphatic heterocycles. The lowest BCUT2D eigenvalue weighted by atomic mass is 10.0. The van der Waals surface area contributed by atoms with Crippen LogP contribution in [0.3, 0.4) is 0 Å². The van der Waals surface area contributed by atoms with Crippen molar-refractivity contribution in [2.45, 2.75) is 38.8 Å². The third-order valence-corrected chi connectivity index (χ3v) is 3.60. The summed E-state index contributed by atoms with van der Waals surface area (Å²) in [6.45, 7) is 5.92. The molecule has 0 heterocycles. The fourth-order valence-electron chi connectivity index (χ4n) is 2.02. The van der Waals surface area contributed by atoms with E-state index < -0.39 is 0 Å². The quantitative estimate of drug-likeness (QED) is 0.607. The molecule has 2 unspecified atom stereocenters. The Morgan fingerprint density at radius 3 is 2.42 bits per heavy atom. The molecule has 19 heavy (non-hydrogen) atoms. The van der Waals surface area contributed by atoms with Crippen LogP contribution in [-0.4, -0.2) is 30.3 Å². The first-order valence-corrected chi connectivity index (χ1v) is 7.60. The molecule has 3 N–H and O–H groups in total. The van der Waals surface area contributed by atoms with Gasteiger partial charge in [-0.15, -0.1) is 0 Å². The van der Waals surface area contributed by atoms with E-state index in [2.05, 4.69) is 57.9 Å². The largest absolute Gasteiger partial charge is 0.390 e. The summed E-state index contributed by atoms with van der Waals surface area (Å²) in [7, 11) is 2.52. The van der Waals surface area contributed by atoms with Crippen molar-refractivity contribution in [2.24, 2.45) is 5.92 Å². The zero-order valence-corrected chi connectivity index (χ0v) is 13.1. The topological polar surface area (TPSA) is 44.3 Å². The Hall–Kier alpha value is -0.470. The third kappa shape index (κ3) is 7.03. The minimum Gasteiger partial charge on any atom is -0.390 e. The summed E-state index contributed by atoms with van der Waals surface area (Å²) in [5.41, 5.74) is 1.31. The molecule has 0 saturated heterocycles. The van der Waals surface area contributed by atoms with Crippen LogP contribution in [0.5, 0.6) is 0 Å². The van der Waals surface area contributed by atoms with E-state index in [1.165, 1.54) is 5.56 Å². The Kier molecular flexibility index (Phi) is 8.24. The predicted molar refractivity (Wildman–Crippen MR) is 85.1 cm³/mol. The van der Waals surface area contributed by atoms with Crippen molar-refractivity contribution >= 4 is 9.39 Å². The number of hydrogen-bond acceptors (Lipinski definition) is 3. The minimum atomic E-state index is -0.361. The van der Waals surface area contributed by atoms with Crippen LogP contribution in [0.2, 0.25) is 0 Å². The highest BCUT2D eigenvalue weighted by Crippen LogP contribution is 2.08. The van der Waals surface area contributed by atoms with Crippen LogP contribution < -0.4 is 10.4 Å². The van der Waals surface area contributed by atoms with Crippen molar-refractivity contribution in [3.63, 3.8) is 0 Å². The number of aliphatic hydroxyl groups is 1. The van der Waals surface area contributed by atoms with Gasteiger partial charge in [-0.3, -0.25) is 5.09 Å². The van der Waals surface area contributed by atoms with Gasteiger partial charge in [-0.05, 0) is 30.9 Å². The molecule has 3 nitrogen and oxygen atoms in total. The molecule has 1 aromatic carbocycles. The second-order valence-electron chi connectivity index (χ2n) is 5.42. The highest BCUT2D eigenvalue weighted by Gasteiger charge is 2.16. The molecule has 0 aliphatic rings. The average molecular weight is 282 g/mol. The van der Waals surface area contributed by atoms with Gasteiger partial charge in [0, 0.05) is 12.6 Å². The molecule has 108 valence electrons. The maximum Gasteiger partial charge on any atom is 0.0820 e. The normalized spacial score (nSPS) is 14.6. The maximum absolute atomic E-state index is 10.2. The van der Waals surface area contributed by atoms with E-state index in [9.17, 15) is 5.11 Å². The summed E-state index contributed by atoms with van der Waals surface area (Å²) < 4.78 is 0. The Labute approximate surface area is 119 Å². The maximum atomic E-state index is 10.2. The molecule has 1 rings (SSSR count). The molecule has 0 saturated carbocycles. The molecule has 4 heteroatoms. The van der Waals surface area contributed by atoms with Gasteiger partial charge < -0.3 is 10.4 Å². The molecule has 3 atom stereocenters. The summed E-state index contributed by atoms with van der Waals surface area (Å²) in [6, 6.07) is 10.5. The number of rotatable bonds is 9. The molecule has 0 aliphatic carbocycles. The van der Waals surface area contributed by atoms with Crippen LogP contribution in [-0.2, 0) is 6.42 Å². The van der Waals surface area contributed by atoms with E-state index in [4.69, 9.17) is 0 Å². The lowest BCUT2D eigenvalue weighted by Crippen LogP contribution is -2.42. The highest BCUT2D eigenvalue weighted by atomic mass is 31.0. The molecule has 0 aromatic heterocycles. The van der Waals surface area contributed by atoms with Crippen LogP contribution in [0.25, 0.3) is 0 Å². The average Bonchev–Trinajstić information content (AvgIpc) is 2.40. The van der Waals surface area contributed by atoms with E-state index >= 15 is 0 Å². The first-order chi connectivity index (χ1) is 9.13. The van der Waals surface area contributed by atoms with Crippen molar-refractivity contribution < 1.29 is 5.11 Å². The number of benzene rings is 1. The second-order valence-corrected chi connectivity index (χ2v) is 5.75. The lowest BCUT2D eigenvalue weighted by Gasteiger charge is -2.23. The van der Waals surface area contributed by atoms with Gasteiger partial charge in [0.25, 0.3) is 0 Å². The first kappa shape index (κ1) is 16.6. The SMILES string of the molecule is CC(C)CNC[C@@H](O)C(CCc1ccccc1)NP. The van der Waals surface area contributed by atoms with Gasteiger partial charge in [-0.25, -0.2) is 0 Å². The zero-order chi connectivity index (χ0) is 14.1. The third-order valence-electron chi connectivity index (χ3n) is 3.17. The fourth-order valence-corrected chi connectivity index (χ4v) is 2.40. The van der Waals surface area contributed by atoms with Crippen LogP contribution >= 0.6 is 9.39 Å². The van der Waals surface area contributed by atoms with Crippen LogP contribution in [0.1, 0.15) is 25.8 Å². The molecule has 0 amide bonds. The summed E-state index contributed by atoms with van der Waals surface area (Å²) in [6.07, 6.45) is 1.55. The highest BCUT2D eigenvalue weighted by molar-refractivity contribution is 7.13. The van der Waals surface area contributed by atoms with E-state index in [1.807, 2.05) is 6.07 Å². The van der Waals surface area contributed by atoms with Gasteiger partial charge in [0.2, 0.25) is 0 Å². The monoisotopic (exact) mass is 282 g/mol. The van der Waals surface area contributed by atoms with Gasteiger partial charge in [-0.1, -0.05) is 53.6 Å². The smallest absolute Gasteiger partial charge is 0.0820 e. The van der Waals surface area contributed by atoms with E-state index in [1.54, 1.807) is 0 Å². The van der Waals surface area contributed by atoms with Gasteiger partial charge >= 0.3 is 0 Å². The Morgan fingerprint density at radius 1 is 1.16 bits per heavy atom. The van der Waals surface area contributed by atoms with Crippen molar-refractivity contribution in [1.82, 2.24) is 10.4 Å². The minimum absolute atomic E-state index is 0.102. The van der Waals surface area contributed by atoms with Crippen molar-refractivity contribution in [2.75, 3.05) is 13.1 Å². The Balaban J connectivity index is 2.31. The fraction of sp³-hybridized carbons (Fsp3) is 0.600. The van der Waals surface area contributed by atoms with Gasteiger partial charge in [0.1, 0.15) is 0 Å². The predicted octanol–water partition coefficient (Wildman–Crippen LogP) is 1.97. The molecule has 0 bridgehead atoms. The molecule has 0 radical (unpaired) electrons. The molecule has 0 fully saturated rings. The summed E-state index contributed by atoms with van der Waals surface area (Å²) >= 11 is 0. The van der Waals surface area contributed by atoms with Gasteiger partial charge in [0.05, 0.1) is 6.10 Å². The Morgan fingerprint density at radius 2 is 1.84 bits per heavy atom. The number of hydrogen-bond donors (Lipinski definition) is 3. The first-order valence-electron chi connectivity index (χ1n) is 7.02. The number of aryl methyl sites for hydroxylation is 1. The summed E-state index contributed by atoms with van der Waals surface area (Å²) in [5, 5.41) is 16.6. The van der Waals surface area contributed by atoms with E-state index in [-0.39, 0.29) is 12.1 Å².